The summed E-state index contributed by atoms with van der Waals surface area (Å²) in [5, 5.41) is 11.3. The molecule has 1 unspecified atom stereocenters. The first-order valence-corrected chi connectivity index (χ1v) is 11.6. The van der Waals surface area contributed by atoms with Gasteiger partial charge in [-0.2, -0.15) is 0 Å². The first kappa shape index (κ1) is 25.1. The predicted molar refractivity (Wildman–Crippen MR) is 130 cm³/mol. The summed E-state index contributed by atoms with van der Waals surface area (Å²) in [6.07, 6.45) is 0.663. The SMILES string of the molecule is CCCN1C(=O)C(=O)/C(=C(\O)c2cccc(OCC(C)C)c2)C1c1ccc(OC)c(OCC)c1. The maximum Gasteiger partial charge on any atom is 0.295 e. The molecular weight excluding hydrogens is 434 g/mol. The van der Waals surface area contributed by atoms with Crippen LogP contribution < -0.4 is 14.2 Å². The van der Waals surface area contributed by atoms with Crippen LogP contribution in [-0.4, -0.2) is 48.6 Å². The van der Waals surface area contributed by atoms with Gasteiger partial charge in [-0.1, -0.05) is 39.0 Å². The lowest BCUT2D eigenvalue weighted by Crippen LogP contribution is -2.30. The van der Waals surface area contributed by atoms with E-state index < -0.39 is 17.7 Å². The van der Waals surface area contributed by atoms with E-state index in [1.807, 2.05) is 27.7 Å². The predicted octanol–water partition coefficient (Wildman–Crippen LogP) is 4.96. The molecule has 0 bridgehead atoms. The Bertz CT molecular complexity index is 1070. The zero-order valence-electron chi connectivity index (χ0n) is 20.5. The molecule has 182 valence electrons. The second-order valence-electron chi connectivity index (χ2n) is 8.57. The highest BCUT2D eigenvalue weighted by atomic mass is 16.5. The van der Waals surface area contributed by atoms with Crippen molar-refractivity contribution in [3.8, 4) is 17.2 Å². The zero-order valence-corrected chi connectivity index (χ0v) is 20.5. The van der Waals surface area contributed by atoms with Crippen LogP contribution >= 0.6 is 0 Å². The third kappa shape index (κ3) is 5.19. The summed E-state index contributed by atoms with van der Waals surface area (Å²) in [4.78, 5) is 27.6. The zero-order chi connectivity index (χ0) is 24.8. The first-order chi connectivity index (χ1) is 16.3. The van der Waals surface area contributed by atoms with Crippen LogP contribution in [0.1, 0.15) is 51.3 Å². The van der Waals surface area contributed by atoms with Crippen LogP contribution in [0.4, 0.5) is 0 Å². The van der Waals surface area contributed by atoms with Gasteiger partial charge in [0.05, 0.1) is 31.9 Å². The Balaban J connectivity index is 2.13. The fraction of sp³-hybridized carbons (Fsp3) is 0.407. The Labute approximate surface area is 200 Å². The molecule has 1 aliphatic rings. The average molecular weight is 468 g/mol. The van der Waals surface area contributed by atoms with Crippen LogP contribution in [0.2, 0.25) is 0 Å². The minimum atomic E-state index is -0.745. The lowest BCUT2D eigenvalue weighted by molar-refractivity contribution is -0.139. The highest BCUT2D eigenvalue weighted by Crippen LogP contribution is 2.42. The van der Waals surface area contributed by atoms with Gasteiger partial charge in [0.2, 0.25) is 0 Å². The van der Waals surface area contributed by atoms with Gasteiger partial charge in [0.15, 0.2) is 11.5 Å². The molecule has 1 saturated heterocycles. The van der Waals surface area contributed by atoms with Gasteiger partial charge in [0.25, 0.3) is 11.7 Å². The fourth-order valence-corrected chi connectivity index (χ4v) is 3.98. The number of ketones is 1. The van der Waals surface area contributed by atoms with Gasteiger partial charge in [0, 0.05) is 12.1 Å². The van der Waals surface area contributed by atoms with Gasteiger partial charge in [0.1, 0.15) is 11.5 Å². The number of benzene rings is 2. The smallest absolute Gasteiger partial charge is 0.295 e. The standard InChI is InChI=1S/C27H33NO6/c1-6-13-28-24(18-11-12-21(32-5)22(15-18)33-7-2)23(26(30)27(28)31)25(29)19-9-8-10-20(14-19)34-16-17(3)4/h8-12,14-15,17,24,29H,6-7,13,16H2,1-5H3/b25-23-. The number of rotatable bonds is 10. The van der Waals surface area contributed by atoms with Crippen LogP contribution in [-0.2, 0) is 9.59 Å². The van der Waals surface area contributed by atoms with E-state index in [2.05, 4.69) is 0 Å². The summed E-state index contributed by atoms with van der Waals surface area (Å²) in [5.41, 5.74) is 1.12. The minimum Gasteiger partial charge on any atom is -0.507 e. The molecule has 0 radical (unpaired) electrons. The molecule has 7 heteroatoms. The van der Waals surface area contributed by atoms with Gasteiger partial charge in [-0.25, -0.2) is 0 Å². The number of aliphatic hydroxyl groups excluding tert-OH is 1. The molecular formula is C27H33NO6. The number of amides is 1. The molecule has 2 aromatic rings. The van der Waals surface area contributed by atoms with Crippen molar-refractivity contribution in [3.63, 3.8) is 0 Å². The van der Waals surface area contributed by atoms with Gasteiger partial charge >= 0.3 is 0 Å². The molecule has 1 N–H and O–H groups in total. The summed E-state index contributed by atoms with van der Waals surface area (Å²) in [5.74, 6) is 0.409. The van der Waals surface area contributed by atoms with Crippen LogP contribution in [0.5, 0.6) is 17.2 Å². The van der Waals surface area contributed by atoms with E-state index in [0.717, 1.165) is 0 Å². The summed E-state index contributed by atoms with van der Waals surface area (Å²) in [7, 11) is 1.55. The van der Waals surface area contributed by atoms with E-state index in [1.165, 1.54) is 4.90 Å². The number of likely N-dealkylation sites (tertiary alicyclic amines) is 1. The number of carbonyl (C=O) groups excluding carboxylic acids is 2. The largest absolute Gasteiger partial charge is 0.507 e. The van der Waals surface area contributed by atoms with E-state index >= 15 is 0 Å². The minimum absolute atomic E-state index is 0.0482. The van der Waals surface area contributed by atoms with E-state index in [9.17, 15) is 14.7 Å². The topological polar surface area (TPSA) is 85.3 Å². The Hall–Kier alpha value is -3.48. The number of hydrogen-bond acceptors (Lipinski definition) is 6. The molecule has 0 saturated carbocycles. The molecule has 34 heavy (non-hydrogen) atoms. The maximum absolute atomic E-state index is 13.1. The second kappa shape index (κ2) is 11.1. The molecule has 1 fully saturated rings. The molecule has 0 spiro atoms. The highest BCUT2D eigenvalue weighted by Gasteiger charge is 2.45. The molecule has 1 amide bonds. The van der Waals surface area contributed by atoms with E-state index in [1.54, 1.807) is 49.6 Å². The normalized spacial score (nSPS) is 17.4. The lowest BCUT2D eigenvalue weighted by Gasteiger charge is -2.25. The van der Waals surface area contributed by atoms with Crippen LogP contribution in [0.15, 0.2) is 48.0 Å². The van der Waals surface area contributed by atoms with E-state index in [4.69, 9.17) is 14.2 Å². The van der Waals surface area contributed by atoms with Gasteiger partial charge in [-0.15, -0.1) is 0 Å². The third-order valence-electron chi connectivity index (χ3n) is 5.50. The van der Waals surface area contributed by atoms with Crippen molar-refractivity contribution in [1.29, 1.82) is 0 Å². The number of aliphatic hydroxyl groups is 1. The number of Topliss-reactive ketones (excluding diaryl/α,β-unsaturated/α-hetero) is 1. The van der Waals surface area contributed by atoms with Crippen LogP contribution in [0.25, 0.3) is 5.76 Å². The fourth-order valence-electron chi connectivity index (χ4n) is 3.98. The van der Waals surface area contributed by atoms with Crippen LogP contribution in [0, 0.1) is 5.92 Å². The van der Waals surface area contributed by atoms with Crippen molar-refractivity contribution in [1.82, 2.24) is 4.90 Å². The molecule has 1 aliphatic heterocycles. The quantitative estimate of drug-likeness (QED) is 0.302. The van der Waals surface area contributed by atoms with Gasteiger partial charge in [-0.05, 0) is 49.1 Å². The molecule has 2 aromatic carbocycles. The number of hydrogen-bond donors (Lipinski definition) is 1. The third-order valence-corrected chi connectivity index (χ3v) is 5.50. The Morgan fingerprint density at radius 2 is 1.82 bits per heavy atom. The highest BCUT2D eigenvalue weighted by molar-refractivity contribution is 6.46. The summed E-state index contributed by atoms with van der Waals surface area (Å²) in [6, 6.07) is 11.5. The average Bonchev–Trinajstić information content (AvgIpc) is 3.08. The second-order valence-corrected chi connectivity index (χ2v) is 8.57. The molecule has 7 nitrogen and oxygen atoms in total. The lowest BCUT2D eigenvalue weighted by atomic mass is 9.95. The maximum atomic E-state index is 13.1. The van der Waals surface area contributed by atoms with Gasteiger partial charge in [-0.3, -0.25) is 9.59 Å². The van der Waals surface area contributed by atoms with Gasteiger partial charge < -0.3 is 24.2 Å². The van der Waals surface area contributed by atoms with Crippen LogP contribution in [0.3, 0.4) is 0 Å². The van der Waals surface area contributed by atoms with Crippen molar-refractivity contribution < 1.29 is 28.9 Å². The first-order valence-electron chi connectivity index (χ1n) is 11.6. The van der Waals surface area contributed by atoms with E-state index in [-0.39, 0.29) is 11.3 Å². The van der Waals surface area contributed by atoms with Crippen molar-refractivity contribution >= 4 is 17.4 Å². The Kier molecular flexibility index (Phi) is 8.21. The monoisotopic (exact) mass is 467 g/mol. The van der Waals surface area contributed by atoms with Crippen molar-refractivity contribution in [2.45, 2.75) is 40.2 Å². The molecule has 1 atom stereocenters. The number of methoxy groups -OCH3 is 1. The molecule has 3 rings (SSSR count). The molecule has 0 aromatic heterocycles. The molecule has 1 heterocycles. The number of carbonyl (C=O) groups is 2. The summed E-state index contributed by atoms with van der Waals surface area (Å²) < 4.78 is 16.9. The Morgan fingerprint density at radius 3 is 2.47 bits per heavy atom. The Morgan fingerprint density at radius 1 is 1.06 bits per heavy atom. The van der Waals surface area contributed by atoms with Crippen molar-refractivity contribution in [2.24, 2.45) is 5.92 Å². The van der Waals surface area contributed by atoms with E-state index in [0.29, 0.717) is 60.5 Å². The summed E-state index contributed by atoms with van der Waals surface area (Å²) in [6.45, 7) is 9.22. The molecule has 0 aliphatic carbocycles. The number of nitrogens with zero attached hydrogens (tertiary/aromatic N) is 1. The van der Waals surface area contributed by atoms with Crippen molar-refractivity contribution in [3.05, 3.63) is 59.2 Å². The summed E-state index contributed by atoms with van der Waals surface area (Å²) >= 11 is 0. The number of ether oxygens (including phenoxy) is 3. The van der Waals surface area contributed by atoms with Crippen molar-refractivity contribution in [2.75, 3.05) is 26.9 Å².